The molecular formula is C24H24N4O2. The number of anilines is 1. The van der Waals surface area contributed by atoms with Crippen molar-refractivity contribution in [3.8, 4) is 11.3 Å². The first-order chi connectivity index (χ1) is 14.6. The number of nitrogens with one attached hydrogen (secondary N) is 1. The van der Waals surface area contributed by atoms with E-state index in [0.29, 0.717) is 12.0 Å². The molecule has 1 fully saturated rings. The van der Waals surface area contributed by atoms with Crippen LogP contribution in [0.1, 0.15) is 42.2 Å². The first-order valence-corrected chi connectivity index (χ1v) is 10.5. The minimum absolute atomic E-state index is 0.138. The largest absolute Gasteiger partial charge is 0.368 e. The third-order valence-corrected chi connectivity index (χ3v) is 6.01. The Balaban J connectivity index is 1.66. The number of hydrogen-bond donors (Lipinski definition) is 1. The number of aromatic amines is 1. The molecule has 0 aliphatic carbocycles. The molecular weight excluding hydrogens is 376 g/mol. The average molecular weight is 400 g/mol. The number of aromatic nitrogens is 3. The summed E-state index contributed by atoms with van der Waals surface area (Å²) < 4.78 is 1.58. The van der Waals surface area contributed by atoms with Gasteiger partial charge in [-0.25, -0.2) is 0 Å². The molecule has 0 atom stereocenters. The van der Waals surface area contributed by atoms with Crippen molar-refractivity contribution in [1.29, 1.82) is 0 Å². The van der Waals surface area contributed by atoms with Gasteiger partial charge >= 0.3 is 0 Å². The zero-order valence-electron chi connectivity index (χ0n) is 17.0. The highest BCUT2D eigenvalue weighted by Crippen LogP contribution is 2.40. The molecule has 1 aromatic carbocycles. The van der Waals surface area contributed by atoms with E-state index in [1.165, 1.54) is 12.5 Å². The van der Waals surface area contributed by atoms with E-state index in [1.54, 1.807) is 16.9 Å². The van der Waals surface area contributed by atoms with E-state index >= 15 is 0 Å². The van der Waals surface area contributed by atoms with E-state index in [0.717, 1.165) is 59.7 Å². The number of piperidine rings is 1. The van der Waals surface area contributed by atoms with Gasteiger partial charge in [0.2, 0.25) is 5.56 Å². The fraction of sp³-hybridized carbons (Fsp3) is 0.292. The normalized spacial score (nSPS) is 16.7. The van der Waals surface area contributed by atoms with Crippen LogP contribution in [0.2, 0.25) is 0 Å². The lowest BCUT2D eigenvalue weighted by atomic mass is 9.94. The zero-order valence-corrected chi connectivity index (χ0v) is 17.0. The Kier molecular flexibility index (Phi) is 4.62. The van der Waals surface area contributed by atoms with E-state index in [4.69, 9.17) is 5.10 Å². The highest BCUT2D eigenvalue weighted by molar-refractivity contribution is 6.22. The Hall–Kier alpha value is -3.41. The third-order valence-electron chi connectivity index (χ3n) is 6.01. The van der Waals surface area contributed by atoms with Crippen molar-refractivity contribution >= 4 is 17.2 Å². The van der Waals surface area contributed by atoms with Crippen molar-refractivity contribution in [3.63, 3.8) is 0 Å². The maximum Gasteiger partial charge on any atom is 0.279 e. The number of fused-ring (bicyclic) bond motifs is 1. The minimum Gasteiger partial charge on any atom is -0.368 e. The number of H-pyrrole nitrogens is 1. The van der Waals surface area contributed by atoms with Gasteiger partial charge in [-0.05, 0) is 32.3 Å². The van der Waals surface area contributed by atoms with Crippen LogP contribution in [-0.2, 0) is 6.42 Å². The lowest BCUT2D eigenvalue weighted by Gasteiger charge is -2.30. The van der Waals surface area contributed by atoms with Gasteiger partial charge in [0, 0.05) is 48.5 Å². The molecule has 3 aromatic rings. The molecule has 4 heterocycles. The van der Waals surface area contributed by atoms with Crippen LogP contribution in [0.3, 0.4) is 0 Å². The van der Waals surface area contributed by atoms with Gasteiger partial charge in [0.25, 0.3) is 5.91 Å². The highest BCUT2D eigenvalue weighted by Gasteiger charge is 2.33. The second-order valence-electron chi connectivity index (χ2n) is 8.05. The molecule has 30 heavy (non-hydrogen) atoms. The fourth-order valence-electron chi connectivity index (χ4n) is 4.58. The summed E-state index contributed by atoms with van der Waals surface area (Å²) in [7, 11) is 0. The number of pyridine rings is 1. The Morgan fingerprint density at radius 2 is 1.70 bits per heavy atom. The molecule has 0 bridgehead atoms. The van der Waals surface area contributed by atoms with Crippen LogP contribution in [0.5, 0.6) is 0 Å². The molecule has 152 valence electrons. The Morgan fingerprint density at radius 3 is 2.40 bits per heavy atom. The number of carbonyl (C=O) groups is 1. The summed E-state index contributed by atoms with van der Waals surface area (Å²) in [6.07, 6.45) is 5.83. The summed E-state index contributed by atoms with van der Waals surface area (Å²) in [5.74, 6) is -0.138. The molecule has 1 N–H and O–H groups in total. The number of carbonyl (C=O) groups excluding carboxylic acids is 1. The summed E-state index contributed by atoms with van der Waals surface area (Å²) in [4.78, 5) is 30.1. The molecule has 0 radical (unpaired) electrons. The first kappa shape index (κ1) is 18.6. The SMILES string of the molecule is CC1=C(c2ccc(=O)[nH]c2)C(=O)n2nc(-c3ccccc3)c(N3CCCCC3)c2C1. The molecule has 0 unspecified atom stereocenters. The maximum atomic E-state index is 13.5. The van der Waals surface area contributed by atoms with Crippen LogP contribution in [0.25, 0.3) is 16.8 Å². The number of rotatable bonds is 3. The highest BCUT2D eigenvalue weighted by atomic mass is 16.2. The molecule has 0 saturated carbocycles. The fourth-order valence-corrected chi connectivity index (χ4v) is 4.58. The van der Waals surface area contributed by atoms with Gasteiger partial charge in [0.15, 0.2) is 0 Å². The van der Waals surface area contributed by atoms with E-state index < -0.39 is 0 Å². The van der Waals surface area contributed by atoms with Crippen LogP contribution in [0.15, 0.2) is 59.0 Å². The summed E-state index contributed by atoms with van der Waals surface area (Å²) in [6, 6.07) is 13.3. The quantitative estimate of drug-likeness (QED) is 0.724. The Bertz CT molecular complexity index is 1180. The lowest BCUT2D eigenvalue weighted by Crippen LogP contribution is -2.31. The summed E-state index contributed by atoms with van der Waals surface area (Å²) >= 11 is 0. The van der Waals surface area contributed by atoms with Crippen molar-refractivity contribution in [2.24, 2.45) is 0 Å². The predicted octanol–water partition coefficient (Wildman–Crippen LogP) is 3.90. The second kappa shape index (κ2) is 7.44. The molecule has 6 heteroatoms. The van der Waals surface area contributed by atoms with Crippen LogP contribution >= 0.6 is 0 Å². The molecule has 0 spiro atoms. The molecule has 0 amide bonds. The van der Waals surface area contributed by atoms with Crippen molar-refractivity contribution < 1.29 is 4.79 Å². The predicted molar refractivity (Wildman–Crippen MR) is 118 cm³/mol. The Labute approximate surface area is 174 Å². The van der Waals surface area contributed by atoms with Crippen molar-refractivity contribution in [2.45, 2.75) is 32.6 Å². The molecule has 5 rings (SSSR count). The van der Waals surface area contributed by atoms with E-state index in [-0.39, 0.29) is 11.5 Å². The summed E-state index contributed by atoms with van der Waals surface area (Å²) in [5.41, 5.74) is 6.11. The number of hydrogen-bond acceptors (Lipinski definition) is 4. The number of nitrogens with zero attached hydrogens (tertiary/aromatic N) is 3. The van der Waals surface area contributed by atoms with Gasteiger partial charge < -0.3 is 9.88 Å². The van der Waals surface area contributed by atoms with E-state index in [9.17, 15) is 9.59 Å². The first-order valence-electron chi connectivity index (χ1n) is 10.5. The smallest absolute Gasteiger partial charge is 0.279 e. The average Bonchev–Trinajstić information content (AvgIpc) is 3.16. The zero-order chi connectivity index (χ0) is 20.7. The van der Waals surface area contributed by atoms with Gasteiger partial charge in [0.1, 0.15) is 5.69 Å². The monoisotopic (exact) mass is 400 g/mol. The van der Waals surface area contributed by atoms with Gasteiger partial charge in [-0.3, -0.25) is 9.59 Å². The second-order valence-corrected chi connectivity index (χ2v) is 8.05. The molecule has 2 aliphatic rings. The number of benzene rings is 1. The van der Waals surface area contributed by atoms with Crippen LogP contribution in [0, 0.1) is 0 Å². The molecule has 2 aromatic heterocycles. The van der Waals surface area contributed by atoms with Gasteiger partial charge in [-0.2, -0.15) is 9.78 Å². The minimum atomic E-state index is -0.182. The summed E-state index contributed by atoms with van der Waals surface area (Å²) in [6.45, 7) is 3.97. The van der Waals surface area contributed by atoms with E-state index in [1.807, 2.05) is 25.1 Å². The topological polar surface area (TPSA) is 71.0 Å². The summed E-state index contributed by atoms with van der Waals surface area (Å²) in [5, 5.41) is 4.82. The maximum absolute atomic E-state index is 13.5. The molecule has 2 aliphatic heterocycles. The van der Waals surface area contributed by atoms with Gasteiger partial charge in [0.05, 0.1) is 11.4 Å². The van der Waals surface area contributed by atoms with Crippen LogP contribution < -0.4 is 10.5 Å². The van der Waals surface area contributed by atoms with Crippen LogP contribution in [0.4, 0.5) is 5.69 Å². The number of allylic oxidation sites excluding steroid dienone is 2. The van der Waals surface area contributed by atoms with Crippen LogP contribution in [-0.4, -0.2) is 33.8 Å². The lowest BCUT2D eigenvalue weighted by molar-refractivity contribution is 0.0958. The van der Waals surface area contributed by atoms with Gasteiger partial charge in [-0.1, -0.05) is 35.9 Å². The van der Waals surface area contributed by atoms with Crippen molar-refractivity contribution in [3.05, 3.63) is 75.8 Å². The van der Waals surface area contributed by atoms with Crippen molar-refractivity contribution in [2.75, 3.05) is 18.0 Å². The molecule has 1 saturated heterocycles. The molecule has 6 nitrogen and oxygen atoms in total. The standard InChI is InChI=1S/C24H24N4O2/c1-16-14-19-23(27-12-6-3-7-13-27)22(17-8-4-2-5-9-17)26-28(19)24(30)21(16)18-10-11-20(29)25-15-18/h2,4-5,8-11,15H,3,6-7,12-14H2,1H3,(H,25,29). The third kappa shape index (κ3) is 3.09. The van der Waals surface area contributed by atoms with Gasteiger partial charge in [-0.15, -0.1) is 0 Å². The van der Waals surface area contributed by atoms with E-state index in [2.05, 4.69) is 22.0 Å². The Morgan fingerprint density at radius 1 is 0.933 bits per heavy atom. The van der Waals surface area contributed by atoms with Crippen molar-refractivity contribution in [1.82, 2.24) is 14.8 Å².